The Morgan fingerprint density at radius 2 is 1.57 bits per heavy atom. The molecule has 21 heavy (non-hydrogen) atoms. The maximum atomic E-state index is 13.5. The summed E-state index contributed by atoms with van der Waals surface area (Å²) in [6, 6.07) is 10.2. The molecule has 0 heterocycles. The van der Waals surface area contributed by atoms with Crippen LogP contribution in [0.25, 0.3) is 11.1 Å². The highest BCUT2D eigenvalue weighted by atomic mass is 19.4. The van der Waals surface area contributed by atoms with E-state index in [1.165, 1.54) is 6.07 Å². The van der Waals surface area contributed by atoms with Gasteiger partial charge in [-0.3, -0.25) is 0 Å². The van der Waals surface area contributed by atoms with Crippen molar-refractivity contribution in [3.63, 3.8) is 0 Å². The Kier molecular flexibility index (Phi) is 4.32. The first-order chi connectivity index (χ1) is 9.77. The summed E-state index contributed by atoms with van der Waals surface area (Å²) in [5.74, 6) is -1.26. The predicted molar refractivity (Wildman–Crippen MR) is 74.2 cm³/mol. The second-order valence-electron chi connectivity index (χ2n) is 5.07. The van der Waals surface area contributed by atoms with Gasteiger partial charge in [0.05, 0.1) is 5.56 Å². The smallest absolute Gasteiger partial charge is 0.328 e. The molecule has 0 saturated heterocycles. The zero-order valence-corrected chi connectivity index (χ0v) is 11.4. The van der Waals surface area contributed by atoms with Crippen LogP contribution in [0.2, 0.25) is 0 Å². The minimum absolute atomic E-state index is 0.0272. The van der Waals surface area contributed by atoms with E-state index in [4.69, 9.17) is 5.73 Å². The van der Waals surface area contributed by atoms with E-state index in [1.807, 2.05) is 19.1 Å². The lowest BCUT2D eigenvalue weighted by atomic mass is 10.00. The number of nitrogens with two attached hydrogens (primary N) is 1. The molecule has 0 aliphatic heterocycles. The summed E-state index contributed by atoms with van der Waals surface area (Å²) in [4.78, 5) is 0. The summed E-state index contributed by atoms with van der Waals surface area (Å²) < 4.78 is 51.1. The van der Waals surface area contributed by atoms with Gasteiger partial charge in [0.15, 0.2) is 0 Å². The molecule has 0 saturated carbocycles. The molecule has 0 aliphatic rings. The molecule has 0 amide bonds. The Labute approximate surface area is 120 Å². The van der Waals surface area contributed by atoms with Gasteiger partial charge in [0, 0.05) is 6.04 Å². The second kappa shape index (κ2) is 5.85. The van der Waals surface area contributed by atoms with Crippen molar-refractivity contribution in [1.82, 2.24) is 0 Å². The highest BCUT2D eigenvalue weighted by Gasteiger charge is 2.33. The third-order valence-corrected chi connectivity index (χ3v) is 3.12. The zero-order valence-electron chi connectivity index (χ0n) is 11.4. The van der Waals surface area contributed by atoms with Crippen molar-refractivity contribution in [3.8, 4) is 11.1 Å². The van der Waals surface area contributed by atoms with Crippen LogP contribution in [0.15, 0.2) is 42.5 Å². The number of alkyl halides is 3. The quantitative estimate of drug-likeness (QED) is 0.835. The molecule has 2 N–H and O–H groups in total. The van der Waals surface area contributed by atoms with Crippen LogP contribution in [-0.2, 0) is 12.6 Å². The largest absolute Gasteiger partial charge is 0.419 e. The summed E-state index contributed by atoms with van der Waals surface area (Å²) >= 11 is 0. The molecule has 0 aliphatic carbocycles. The minimum atomic E-state index is -4.68. The fourth-order valence-electron chi connectivity index (χ4n) is 2.13. The van der Waals surface area contributed by atoms with Crippen molar-refractivity contribution < 1.29 is 17.6 Å². The molecule has 2 rings (SSSR count). The molecule has 1 unspecified atom stereocenters. The first-order valence-electron chi connectivity index (χ1n) is 6.49. The van der Waals surface area contributed by atoms with Crippen LogP contribution >= 0.6 is 0 Å². The summed E-state index contributed by atoms with van der Waals surface area (Å²) in [5, 5.41) is 0. The molecule has 0 spiro atoms. The van der Waals surface area contributed by atoms with Crippen LogP contribution in [0, 0.1) is 5.82 Å². The monoisotopic (exact) mass is 297 g/mol. The van der Waals surface area contributed by atoms with Crippen LogP contribution < -0.4 is 5.73 Å². The van der Waals surface area contributed by atoms with Crippen molar-refractivity contribution in [3.05, 3.63) is 59.4 Å². The van der Waals surface area contributed by atoms with E-state index in [-0.39, 0.29) is 6.04 Å². The molecular formula is C16H15F4N. The molecule has 2 aromatic carbocycles. The summed E-state index contributed by atoms with van der Waals surface area (Å²) in [5.41, 5.74) is 6.55. The standard InChI is InChI=1S/C16H15F4N/c1-10(21)8-11-2-4-12(5-3-11)13-6-7-14(15(17)9-13)16(18,19)20/h2-7,9-10H,8,21H2,1H3. The van der Waals surface area contributed by atoms with Gasteiger partial charge in [0.25, 0.3) is 0 Å². The van der Waals surface area contributed by atoms with Gasteiger partial charge >= 0.3 is 6.18 Å². The van der Waals surface area contributed by atoms with Crippen molar-refractivity contribution in [1.29, 1.82) is 0 Å². The first-order valence-corrected chi connectivity index (χ1v) is 6.49. The Morgan fingerprint density at radius 3 is 2.05 bits per heavy atom. The van der Waals surface area contributed by atoms with Crippen molar-refractivity contribution in [2.75, 3.05) is 0 Å². The van der Waals surface area contributed by atoms with Crippen LogP contribution in [-0.4, -0.2) is 6.04 Å². The van der Waals surface area contributed by atoms with Gasteiger partial charge in [-0.15, -0.1) is 0 Å². The van der Waals surface area contributed by atoms with Gasteiger partial charge in [-0.25, -0.2) is 4.39 Å². The van der Waals surface area contributed by atoms with E-state index in [1.54, 1.807) is 12.1 Å². The van der Waals surface area contributed by atoms with E-state index >= 15 is 0 Å². The number of benzene rings is 2. The Hall–Kier alpha value is -1.88. The average Bonchev–Trinajstić information content (AvgIpc) is 2.37. The van der Waals surface area contributed by atoms with E-state index in [2.05, 4.69) is 0 Å². The summed E-state index contributed by atoms with van der Waals surface area (Å²) in [6.45, 7) is 1.89. The van der Waals surface area contributed by atoms with E-state index < -0.39 is 17.6 Å². The van der Waals surface area contributed by atoms with Gasteiger partial charge in [0.2, 0.25) is 0 Å². The number of rotatable bonds is 3. The van der Waals surface area contributed by atoms with E-state index in [0.717, 1.165) is 17.7 Å². The maximum Gasteiger partial charge on any atom is 0.419 e. The Balaban J connectivity index is 2.28. The third kappa shape index (κ3) is 3.82. The third-order valence-electron chi connectivity index (χ3n) is 3.12. The molecule has 2 aromatic rings. The maximum absolute atomic E-state index is 13.5. The van der Waals surface area contributed by atoms with Crippen LogP contribution in [0.5, 0.6) is 0 Å². The summed E-state index contributed by atoms with van der Waals surface area (Å²) in [7, 11) is 0. The molecule has 1 nitrogen and oxygen atoms in total. The minimum Gasteiger partial charge on any atom is -0.328 e. The van der Waals surface area contributed by atoms with Gasteiger partial charge in [-0.2, -0.15) is 13.2 Å². The van der Waals surface area contributed by atoms with Crippen LogP contribution in [0.4, 0.5) is 17.6 Å². The molecule has 0 bridgehead atoms. The lowest BCUT2D eigenvalue weighted by Crippen LogP contribution is -2.17. The molecule has 5 heteroatoms. The van der Waals surface area contributed by atoms with Crippen molar-refractivity contribution in [2.45, 2.75) is 25.6 Å². The second-order valence-corrected chi connectivity index (χ2v) is 5.07. The predicted octanol–water partition coefficient (Wildman–Crippen LogP) is 4.40. The number of hydrogen-bond acceptors (Lipinski definition) is 1. The van der Waals surface area contributed by atoms with Gasteiger partial charge < -0.3 is 5.73 Å². The lowest BCUT2D eigenvalue weighted by Gasteiger charge is -2.10. The summed E-state index contributed by atoms with van der Waals surface area (Å²) in [6.07, 6.45) is -3.97. The molecular weight excluding hydrogens is 282 g/mol. The fourth-order valence-corrected chi connectivity index (χ4v) is 2.13. The number of halogens is 4. The Bertz CT molecular complexity index is 615. The normalized spacial score (nSPS) is 13.2. The van der Waals surface area contributed by atoms with Gasteiger partial charge in [-0.1, -0.05) is 30.3 Å². The number of hydrogen-bond donors (Lipinski definition) is 1. The molecule has 112 valence electrons. The molecule has 0 fully saturated rings. The topological polar surface area (TPSA) is 26.0 Å². The van der Waals surface area contributed by atoms with E-state index in [0.29, 0.717) is 17.5 Å². The first kappa shape index (κ1) is 15.5. The highest BCUT2D eigenvalue weighted by molar-refractivity contribution is 5.64. The average molecular weight is 297 g/mol. The van der Waals surface area contributed by atoms with Gasteiger partial charge in [-0.05, 0) is 42.2 Å². The fraction of sp³-hybridized carbons (Fsp3) is 0.250. The molecule has 1 atom stereocenters. The van der Waals surface area contributed by atoms with Crippen LogP contribution in [0.3, 0.4) is 0 Å². The highest BCUT2D eigenvalue weighted by Crippen LogP contribution is 2.33. The SMILES string of the molecule is CC(N)Cc1ccc(-c2ccc(C(F)(F)F)c(F)c2)cc1. The van der Waals surface area contributed by atoms with Crippen LogP contribution in [0.1, 0.15) is 18.1 Å². The van der Waals surface area contributed by atoms with Crippen molar-refractivity contribution in [2.24, 2.45) is 5.73 Å². The molecule has 0 aromatic heterocycles. The Morgan fingerprint density at radius 1 is 1.00 bits per heavy atom. The molecule has 0 radical (unpaired) electrons. The van der Waals surface area contributed by atoms with Gasteiger partial charge in [0.1, 0.15) is 5.82 Å². The van der Waals surface area contributed by atoms with Crippen molar-refractivity contribution >= 4 is 0 Å². The lowest BCUT2D eigenvalue weighted by molar-refractivity contribution is -0.139. The zero-order chi connectivity index (χ0) is 15.6. The van der Waals surface area contributed by atoms with E-state index in [9.17, 15) is 17.6 Å².